The number of halogens is 1. The van der Waals surface area contributed by atoms with Gasteiger partial charge in [-0.15, -0.1) is 0 Å². The van der Waals surface area contributed by atoms with Gasteiger partial charge in [0.25, 0.3) is 5.91 Å². The Morgan fingerprint density at radius 3 is 2.94 bits per heavy atom. The van der Waals surface area contributed by atoms with E-state index in [2.05, 4.69) is 5.32 Å². The van der Waals surface area contributed by atoms with E-state index in [-0.39, 0.29) is 5.91 Å². The van der Waals surface area contributed by atoms with Crippen molar-refractivity contribution in [3.63, 3.8) is 0 Å². The Hall–Kier alpha value is -1.55. The van der Waals surface area contributed by atoms with Crippen LogP contribution in [0.2, 0.25) is 5.02 Å². The van der Waals surface area contributed by atoms with Gasteiger partial charge >= 0.3 is 5.97 Å². The number of benzene rings is 1. The second kappa shape index (κ2) is 4.14. The Kier molecular flexibility index (Phi) is 2.83. The van der Waals surface area contributed by atoms with Crippen LogP contribution in [0.1, 0.15) is 22.3 Å². The molecule has 1 aromatic carbocycles. The Bertz CT molecular complexity index is 459. The first-order valence-electron chi connectivity index (χ1n) is 4.90. The smallest absolute Gasteiger partial charge is 0.326 e. The summed E-state index contributed by atoms with van der Waals surface area (Å²) < 4.78 is 0. The molecule has 0 radical (unpaired) electrons. The van der Waals surface area contributed by atoms with Gasteiger partial charge in [0.05, 0.1) is 0 Å². The zero-order valence-corrected chi connectivity index (χ0v) is 9.12. The first kappa shape index (κ1) is 11.0. The number of carbonyl (C=O) groups is 2. The lowest BCUT2D eigenvalue weighted by molar-refractivity contribution is -0.139. The maximum atomic E-state index is 11.7. The summed E-state index contributed by atoms with van der Waals surface area (Å²) in [5, 5.41) is 11.8. The topological polar surface area (TPSA) is 66.4 Å². The van der Waals surface area contributed by atoms with Crippen molar-refractivity contribution in [1.29, 1.82) is 0 Å². The SMILES string of the molecule is O=C1NC(C(=O)O)CCc2ccc(Cl)cc21. The van der Waals surface area contributed by atoms with Gasteiger partial charge in [-0.05, 0) is 30.5 Å². The third kappa shape index (κ3) is 2.02. The minimum atomic E-state index is -1.01. The first-order valence-corrected chi connectivity index (χ1v) is 5.28. The standard InChI is InChI=1S/C11H10ClNO3/c12-7-3-1-6-2-4-9(11(15)16)13-10(14)8(6)5-7/h1,3,5,9H,2,4H2,(H,13,14)(H,15,16). The fourth-order valence-corrected chi connectivity index (χ4v) is 1.94. The molecule has 1 unspecified atom stereocenters. The first-order chi connectivity index (χ1) is 7.58. The minimum Gasteiger partial charge on any atom is -0.480 e. The van der Waals surface area contributed by atoms with E-state index < -0.39 is 12.0 Å². The molecule has 1 aromatic rings. The van der Waals surface area contributed by atoms with Crippen LogP contribution in [0.25, 0.3) is 0 Å². The van der Waals surface area contributed by atoms with Gasteiger partial charge in [-0.3, -0.25) is 4.79 Å². The molecule has 0 spiro atoms. The molecule has 1 atom stereocenters. The van der Waals surface area contributed by atoms with Crippen molar-refractivity contribution in [2.75, 3.05) is 0 Å². The molecule has 0 bridgehead atoms. The average Bonchev–Trinajstić information content (AvgIpc) is 2.39. The number of carbonyl (C=O) groups excluding carboxylic acids is 1. The molecular formula is C11H10ClNO3. The number of fused-ring (bicyclic) bond motifs is 1. The lowest BCUT2D eigenvalue weighted by Crippen LogP contribution is -2.39. The molecule has 2 rings (SSSR count). The van der Waals surface area contributed by atoms with Gasteiger partial charge in [-0.2, -0.15) is 0 Å². The quantitative estimate of drug-likeness (QED) is 0.780. The van der Waals surface area contributed by atoms with E-state index >= 15 is 0 Å². The van der Waals surface area contributed by atoms with Crippen molar-refractivity contribution in [2.45, 2.75) is 18.9 Å². The van der Waals surface area contributed by atoms with Crippen molar-refractivity contribution in [2.24, 2.45) is 0 Å². The van der Waals surface area contributed by atoms with Crippen LogP contribution in [0.15, 0.2) is 18.2 Å². The molecule has 0 aromatic heterocycles. The maximum absolute atomic E-state index is 11.7. The largest absolute Gasteiger partial charge is 0.480 e. The van der Waals surface area contributed by atoms with Gasteiger partial charge in [0.15, 0.2) is 0 Å². The summed E-state index contributed by atoms with van der Waals surface area (Å²) in [6.07, 6.45) is 0.956. The van der Waals surface area contributed by atoms with Gasteiger partial charge in [-0.1, -0.05) is 17.7 Å². The summed E-state index contributed by atoms with van der Waals surface area (Å²) >= 11 is 5.80. The fraction of sp³-hybridized carbons (Fsp3) is 0.273. The normalized spacial score (nSPS) is 19.6. The third-order valence-corrected chi connectivity index (χ3v) is 2.86. The zero-order valence-electron chi connectivity index (χ0n) is 8.37. The Labute approximate surface area is 97.2 Å². The van der Waals surface area contributed by atoms with E-state index in [0.717, 1.165) is 5.56 Å². The zero-order chi connectivity index (χ0) is 11.7. The third-order valence-electron chi connectivity index (χ3n) is 2.62. The van der Waals surface area contributed by atoms with Crippen molar-refractivity contribution < 1.29 is 14.7 Å². The lowest BCUT2D eigenvalue weighted by Gasteiger charge is -2.09. The molecular weight excluding hydrogens is 230 g/mol. The lowest BCUT2D eigenvalue weighted by atomic mass is 10.0. The van der Waals surface area contributed by atoms with Crippen LogP contribution in [0.5, 0.6) is 0 Å². The van der Waals surface area contributed by atoms with E-state index in [1.165, 1.54) is 0 Å². The van der Waals surface area contributed by atoms with Gasteiger partial charge in [0.1, 0.15) is 6.04 Å². The van der Waals surface area contributed by atoms with Crippen LogP contribution in [0.4, 0.5) is 0 Å². The molecule has 1 aliphatic rings. The van der Waals surface area contributed by atoms with Crippen molar-refractivity contribution >= 4 is 23.5 Å². The van der Waals surface area contributed by atoms with Crippen LogP contribution in [0, 0.1) is 0 Å². The maximum Gasteiger partial charge on any atom is 0.326 e. The van der Waals surface area contributed by atoms with E-state index in [1.807, 2.05) is 0 Å². The highest BCUT2D eigenvalue weighted by atomic mass is 35.5. The molecule has 16 heavy (non-hydrogen) atoms. The van der Waals surface area contributed by atoms with Crippen molar-refractivity contribution in [3.05, 3.63) is 34.3 Å². The van der Waals surface area contributed by atoms with E-state index in [4.69, 9.17) is 16.7 Å². The molecule has 5 heteroatoms. The number of aryl methyl sites for hydroxylation is 1. The number of amides is 1. The number of carboxylic acids is 1. The van der Waals surface area contributed by atoms with Gasteiger partial charge in [0, 0.05) is 10.6 Å². The molecule has 1 heterocycles. The number of hydrogen-bond donors (Lipinski definition) is 2. The second-order valence-electron chi connectivity index (χ2n) is 3.70. The summed E-state index contributed by atoms with van der Waals surface area (Å²) in [6.45, 7) is 0. The van der Waals surface area contributed by atoms with Crippen LogP contribution in [0.3, 0.4) is 0 Å². The van der Waals surface area contributed by atoms with Crippen LogP contribution >= 0.6 is 11.6 Å². The summed E-state index contributed by atoms with van der Waals surface area (Å²) in [4.78, 5) is 22.6. The molecule has 4 nitrogen and oxygen atoms in total. The van der Waals surface area contributed by atoms with Crippen LogP contribution in [-0.4, -0.2) is 23.0 Å². The Morgan fingerprint density at radius 1 is 1.50 bits per heavy atom. The van der Waals surface area contributed by atoms with E-state index in [0.29, 0.717) is 23.4 Å². The number of aliphatic carboxylic acids is 1. The summed E-state index contributed by atoms with van der Waals surface area (Å²) in [5.74, 6) is -1.38. The number of carboxylic acid groups (broad SMARTS) is 1. The molecule has 1 aliphatic heterocycles. The van der Waals surface area contributed by atoms with Gasteiger partial charge in [0.2, 0.25) is 0 Å². The Balaban J connectivity index is 2.36. The molecule has 1 amide bonds. The number of hydrogen-bond acceptors (Lipinski definition) is 2. The highest BCUT2D eigenvalue weighted by Gasteiger charge is 2.25. The highest BCUT2D eigenvalue weighted by Crippen LogP contribution is 2.20. The summed E-state index contributed by atoms with van der Waals surface area (Å²) in [5.41, 5.74) is 1.31. The molecule has 2 N–H and O–H groups in total. The summed E-state index contributed by atoms with van der Waals surface area (Å²) in [6, 6.07) is 4.21. The molecule has 84 valence electrons. The Morgan fingerprint density at radius 2 is 2.25 bits per heavy atom. The number of nitrogens with one attached hydrogen (secondary N) is 1. The minimum absolute atomic E-state index is 0.373. The summed E-state index contributed by atoms with van der Waals surface area (Å²) in [7, 11) is 0. The predicted octanol–water partition coefficient (Wildman–Crippen LogP) is 1.47. The van der Waals surface area contributed by atoms with Gasteiger partial charge in [-0.25, -0.2) is 4.79 Å². The van der Waals surface area contributed by atoms with Crippen molar-refractivity contribution in [1.82, 2.24) is 5.32 Å². The predicted molar refractivity (Wildman–Crippen MR) is 58.7 cm³/mol. The molecule has 0 aliphatic carbocycles. The second-order valence-corrected chi connectivity index (χ2v) is 4.14. The number of rotatable bonds is 1. The molecule has 0 saturated heterocycles. The fourth-order valence-electron chi connectivity index (χ4n) is 1.77. The monoisotopic (exact) mass is 239 g/mol. The molecule has 0 saturated carbocycles. The van der Waals surface area contributed by atoms with Crippen molar-refractivity contribution in [3.8, 4) is 0 Å². The van der Waals surface area contributed by atoms with Crippen LogP contribution in [-0.2, 0) is 11.2 Å². The van der Waals surface area contributed by atoms with Gasteiger partial charge < -0.3 is 10.4 Å². The van der Waals surface area contributed by atoms with E-state index in [9.17, 15) is 9.59 Å². The average molecular weight is 240 g/mol. The highest BCUT2D eigenvalue weighted by molar-refractivity contribution is 6.31. The molecule has 0 fully saturated rings. The van der Waals surface area contributed by atoms with Crippen LogP contribution < -0.4 is 5.32 Å². The van der Waals surface area contributed by atoms with E-state index in [1.54, 1.807) is 18.2 Å².